The molecule has 34 heavy (non-hydrogen) atoms. The van der Waals surface area contributed by atoms with E-state index < -0.39 is 0 Å². The maximum absolute atomic E-state index is 13.2. The molecule has 0 atom stereocenters. The molecule has 3 aromatic carbocycles. The number of halogens is 3. The normalized spacial score (nSPS) is 14.8. The summed E-state index contributed by atoms with van der Waals surface area (Å²) in [6.07, 6.45) is 1.77. The first-order valence-electron chi connectivity index (χ1n) is 10.1. The number of likely N-dealkylation sites (N-methyl/N-ethyl adjacent to an activating group) is 1. The van der Waals surface area contributed by atoms with Crippen LogP contribution in [0.4, 0.5) is 5.69 Å². The van der Waals surface area contributed by atoms with Crippen LogP contribution in [-0.4, -0.2) is 30.1 Å². The monoisotopic (exact) mass is 576 g/mol. The number of amides is 1. The Labute approximate surface area is 221 Å². The zero-order valence-electron chi connectivity index (χ0n) is 18.2. The Balaban J connectivity index is 1.62. The number of carbonyl (C=O) groups excluding carboxylic acids is 1. The van der Waals surface area contributed by atoms with Crippen molar-refractivity contribution < 1.29 is 14.3 Å². The van der Waals surface area contributed by atoms with E-state index in [1.165, 1.54) is 4.90 Å². The minimum atomic E-state index is -0.202. The number of methoxy groups -OCH3 is 1. The Bertz CT molecular complexity index is 1300. The number of thiocarbonyl (C=S) groups is 1. The van der Waals surface area contributed by atoms with E-state index >= 15 is 0 Å². The van der Waals surface area contributed by atoms with Crippen LogP contribution >= 0.6 is 51.3 Å². The molecular formula is C25H19BrCl2N2O3S. The lowest BCUT2D eigenvalue weighted by Crippen LogP contribution is -2.30. The molecule has 1 amide bonds. The highest BCUT2D eigenvalue weighted by Gasteiger charge is 2.36. The van der Waals surface area contributed by atoms with E-state index in [2.05, 4.69) is 15.9 Å². The first kappa shape index (κ1) is 24.5. The van der Waals surface area contributed by atoms with Gasteiger partial charge in [-0.2, -0.15) is 0 Å². The second-order valence-electron chi connectivity index (χ2n) is 7.41. The summed E-state index contributed by atoms with van der Waals surface area (Å²) < 4.78 is 12.2. The molecule has 0 saturated carbocycles. The molecule has 174 valence electrons. The topological polar surface area (TPSA) is 42.0 Å². The molecule has 3 aromatic rings. The Morgan fingerprint density at radius 3 is 2.50 bits per heavy atom. The second-order valence-corrected chi connectivity index (χ2v) is 9.47. The van der Waals surface area contributed by atoms with Gasteiger partial charge < -0.3 is 14.4 Å². The lowest BCUT2D eigenvalue weighted by molar-refractivity contribution is -0.114. The molecule has 1 aliphatic heterocycles. The summed E-state index contributed by atoms with van der Waals surface area (Å²) in [7, 11) is 3.33. The van der Waals surface area contributed by atoms with E-state index in [1.54, 1.807) is 43.3 Å². The number of hydrogen-bond acceptors (Lipinski definition) is 4. The standard InChI is InChI=1S/C25H19BrCl2N2O3S/c1-29-21(24(31)30(25(29)34)18-6-4-3-5-7-18)11-15-10-19(26)23(22(12-15)32-2)33-14-16-8-9-17(27)13-20(16)28/h3-13H,14H2,1-2H3/b21-11-. The quantitative estimate of drug-likeness (QED) is 0.234. The van der Waals surface area contributed by atoms with Gasteiger partial charge in [0.05, 0.1) is 17.3 Å². The van der Waals surface area contributed by atoms with Crippen LogP contribution in [0.3, 0.4) is 0 Å². The van der Waals surface area contributed by atoms with Crippen molar-refractivity contribution in [2.24, 2.45) is 0 Å². The second kappa shape index (κ2) is 10.4. The van der Waals surface area contributed by atoms with Crippen LogP contribution in [0, 0.1) is 0 Å². The number of rotatable bonds is 6. The summed E-state index contributed by atoms with van der Waals surface area (Å²) >= 11 is 21.3. The minimum absolute atomic E-state index is 0.202. The van der Waals surface area contributed by atoms with Crippen LogP contribution in [0.1, 0.15) is 11.1 Å². The molecular weight excluding hydrogens is 559 g/mol. The first-order chi connectivity index (χ1) is 16.3. The zero-order chi connectivity index (χ0) is 24.4. The lowest BCUT2D eigenvalue weighted by atomic mass is 10.1. The van der Waals surface area contributed by atoms with E-state index in [4.69, 9.17) is 44.9 Å². The van der Waals surface area contributed by atoms with E-state index in [1.807, 2.05) is 42.5 Å². The molecule has 0 radical (unpaired) electrons. The van der Waals surface area contributed by atoms with Gasteiger partial charge in [0.1, 0.15) is 12.3 Å². The summed E-state index contributed by atoms with van der Waals surface area (Å²) in [5.41, 5.74) is 2.70. The number of anilines is 1. The summed E-state index contributed by atoms with van der Waals surface area (Å²) in [4.78, 5) is 16.4. The maximum Gasteiger partial charge on any atom is 0.281 e. The van der Waals surface area contributed by atoms with Crippen molar-refractivity contribution in [1.82, 2.24) is 4.90 Å². The van der Waals surface area contributed by atoms with Crippen LogP contribution in [-0.2, 0) is 11.4 Å². The molecule has 4 rings (SSSR count). The fraction of sp³-hybridized carbons (Fsp3) is 0.120. The maximum atomic E-state index is 13.2. The number of para-hydroxylation sites is 1. The molecule has 9 heteroatoms. The highest BCUT2D eigenvalue weighted by molar-refractivity contribution is 9.10. The molecule has 0 N–H and O–H groups in total. The van der Waals surface area contributed by atoms with Crippen molar-refractivity contribution in [3.63, 3.8) is 0 Å². The molecule has 0 aliphatic carbocycles. The van der Waals surface area contributed by atoms with Crippen molar-refractivity contribution >= 4 is 74.1 Å². The van der Waals surface area contributed by atoms with Gasteiger partial charge in [0.2, 0.25) is 0 Å². The van der Waals surface area contributed by atoms with Gasteiger partial charge in [-0.15, -0.1) is 0 Å². The largest absolute Gasteiger partial charge is 0.493 e. The van der Waals surface area contributed by atoms with Crippen molar-refractivity contribution in [3.05, 3.63) is 92.0 Å². The third-order valence-corrected chi connectivity index (χ3v) is 6.85. The van der Waals surface area contributed by atoms with Gasteiger partial charge in [-0.1, -0.05) is 47.5 Å². The van der Waals surface area contributed by atoms with Gasteiger partial charge in [-0.05, 0) is 76.2 Å². The van der Waals surface area contributed by atoms with Gasteiger partial charge in [-0.3, -0.25) is 9.69 Å². The first-order valence-corrected chi connectivity index (χ1v) is 12.1. The van der Waals surface area contributed by atoms with E-state index in [0.717, 1.165) is 16.8 Å². The average molecular weight is 578 g/mol. The number of hydrogen-bond donors (Lipinski definition) is 0. The predicted octanol–water partition coefficient (Wildman–Crippen LogP) is 6.95. The lowest BCUT2D eigenvalue weighted by Gasteiger charge is -2.16. The van der Waals surface area contributed by atoms with E-state index in [-0.39, 0.29) is 12.5 Å². The van der Waals surface area contributed by atoms with Gasteiger partial charge in [-0.25, -0.2) is 0 Å². The Hall–Kier alpha value is -2.58. The number of carbonyl (C=O) groups is 1. The molecule has 1 fully saturated rings. The third-order valence-electron chi connectivity index (χ3n) is 5.22. The van der Waals surface area contributed by atoms with Crippen LogP contribution < -0.4 is 14.4 Å². The van der Waals surface area contributed by atoms with E-state index in [0.29, 0.717) is 36.8 Å². The van der Waals surface area contributed by atoms with Crippen LogP contribution in [0.15, 0.2) is 70.8 Å². The van der Waals surface area contributed by atoms with E-state index in [9.17, 15) is 4.79 Å². The number of nitrogens with zero attached hydrogens (tertiary/aromatic N) is 2. The van der Waals surface area contributed by atoms with Gasteiger partial charge in [0, 0.05) is 22.7 Å². The molecule has 0 bridgehead atoms. The minimum Gasteiger partial charge on any atom is -0.493 e. The average Bonchev–Trinajstić information content (AvgIpc) is 3.02. The smallest absolute Gasteiger partial charge is 0.281 e. The summed E-state index contributed by atoms with van der Waals surface area (Å²) in [6.45, 7) is 0.229. The SMILES string of the molecule is COc1cc(/C=C2/C(=O)N(c3ccccc3)C(=S)N2C)cc(Br)c1OCc1ccc(Cl)cc1Cl. The highest BCUT2D eigenvalue weighted by Crippen LogP contribution is 2.39. The van der Waals surface area contributed by atoms with Crippen molar-refractivity contribution in [2.75, 3.05) is 19.1 Å². The Morgan fingerprint density at radius 2 is 1.82 bits per heavy atom. The Morgan fingerprint density at radius 1 is 1.09 bits per heavy atom. The van der Waals surface area contributed by atoms with Gasteiger partial charge in [0.25, 0.3) is 5.91 Å². The number of ether oxygens (including phenoxy) is 2. The van der Waals surface area contributed by atoms with Crippen molar-refractivity contribution in [3.8, 4) is 11.5 Å². The summed E-state index contributed by atoms with van der Waals surface area (Å²) in [5.74, 6) is 0.816. The molecule has 0 spiro atoms. The molecule has 5 nitrogen and oxygen atoms in total. The number of benzene rings is 3. The summed E-state index contributed by atoms with van der Waals surface area (Å²) in [6, 6.07) is 18.2. The van der Waals surface area contributed by atoms with Gasteiger partial charge >= 0.3 is 0 Å². The van der Waals surface area contributed by atoms with Crippen LogP contribution in [0.5, 0.6) is 11.5 Å². The molecule has 1 aliphatic rings. The molecule has 0 aromatic heterocycles. The molecule has 1 saturated heterocycles. The van der Waals surface area contributed by atoms with Crippen LogP contribution in [0.2, 0.25) is 10.0 Å². The zero-order valence-corrected chi connectivity index (χ0v) is 22.1. The fourth-order valence-electron chi connectivity index (χ4n) is 3.47. The predicted molar refractivity (Wildman–Crippen MR) is 144 cm³/mol. The highest BCUT2D eigenvalue weighted by atomic mass is 79.9. The molecule has 0 unspecified atom stereocenters. The van der Waals surface area contributed by atoms with Crippen molar-refractivity contribution in [2.45, 2.75) is 6.61 Å². The summed E-state index contributed by atoms with van der Waals surface area (Å²) in [5, 5.41) is 1.49. The van der Waals surface area contributed by atoms with Crippen molar-refractivity contribution in [1.29, 1.82) is 0 Å². The van der Waals surface area contributed by atoms with Gasteiger partial charge in [0.15, 0.2) is 16.6 Å². The van der Waals surface area contributed by atoms with Crippen LogP contribution in [0.25, 0.3) is 6.08 Å². The fourth-order valence-corrected chi connectivity index (χ4v) is 4.79. The Kier molecular flexibility index (Phi) is 7.48. The third kappa shape index (κ3) is 4.93. The molecule has 1 heterocycles.